The highest BCUT2D eigenvalue weighted by molar-refractivity contribution is 5.78. The number of benzene rings is 2. The first kappa shape index (κ1) is 18.7. The van der Waals surface area contributed by atoms with Crippen molar-refractivity contribution in [2.75, 3.05) is 13.1 Å². The molecule has 2 nitrogen and oxygen atoms in total. The van der Waals surface area contributed by atoms with Crippen LogP contribution in [-0.4, -0.2) is 23.9 Å². The second-order valence-electron chi connectivity index (χ2n) is 7.54. The van der Waals surface area contributed by atoms with Crippen LogP contribution in [0.15, 0.2) is 60.7 Å². The van der Waals surface area contributed by atoms with Crippen molar-refractivity contribution < 1.29 is 4.79 Å². The molecular weight excluding hydrogens is 318 g/mol. The number of carbonyl (C=O) groups is 1. The monoisotopic (exact) mass is 349 g/mol. The summed E-state index contributed by atoms with van der Waals surface area (Å²) < 4.78 is 0. The maximum Gasteiger partial charge on any atom is 0.223 e. The number of likely N-dealkylation sites (tertiary alicyclic amines) is 1. The van der Waals surface area contributed by atoms with Gasteiger partial charge in [-0.25, -0.2) is 0 Å². The molecule has 1 aliphatic heterocycles. The first-order valence-electron chi connectivity index (χ1n) is 10.2. The summed E-state index contributed by atoms with van der Waals surface area (Å²) in [5.74, 6) is 1.26. The topological polar surface area (TPSA) is 20.3 Å². The van der Waals surface area contributed by atoms with Crippen molar-refractivity contribution in [3.8, 4) is 0 Å². The van der Waals surface area contributed by atoms with Gasteiger partial charge in [0.2, 0.25) is 5.91 Å². The Labute approximate surface area is 158 Å². The fraction of sp³-hybridized carbons (Fsp3) is 0.458. The summed E-state index contributed by atoms with van der Waals surface area (Å²) in [4.78, 5) is 15.1. The summed E-state index contributed by atoms with van der Waals surface area (Å²) in [6, 6.07) is 20.9. The lowest BCUT2D eigenvalue weighted by atomic mass is 9.87. The highest BCUT2D eigenvalue weighted by atomic mass is 16.2. The Morgan fingerprint density at radius 3 is 2.00 bits per heavy atom. The van der Waals surface area contributed by atoms with Gasteiger partial charge in [-0.1, -0.05) is 86.8 Å². The lowest BCUT2D eigenvalue weighted by molar-refractivity contribution is -0.132. The summed E-state index contributed by atoms with van der Waals surface area (Å²) in [5, 5.41) is 0. The van der Waals surface area contributed by atoms with Gasteiger partial charge in [-0.15, -0.1) is 0 Å². The Morgan fingerprint density at radius 1 is 0.962 bits per heavy atom. The summed E-state index contributed by atoms with van der Waals surface area (Å²) in [6.45, 7) is 4.12. The van der Waals surface area contributed by atoms with E-state index in [1.54, 1.807) is 0 Å². The predicted molar refractivity (Wildman–Crippen MR) is 108 cm³/mol. The lowest BCUT2D eigenvalue weighted by Crippen LogP contribution is -2.39. The van der Waals surface area contributed by atoms with Crippen molar-refractivity contribution >= 4 is 5.91 Å². The number of unbranched alkanes of at least 4 members (excludes halogenated alkanes) is 1. The Kier molecular flexibility index (Phi) is 6.88. The van der Waals surface area contributed by atoms with Crippen molar-refractivity contribution in [1.82, 2.24) is 4.90 Å². The number of hydrogen-bond acceptors (Lipinski definition) is 1. The molecule has 0 unspecified atom stereocenters. The van der Waals surface area contributed by atoms with E-state index >= 15 is 0 Å². The molecule has 0 aromatic heterocycles. The van der Waals surface area contributed by atoms with Gasteiger partial charge in [0.05, 0.1) is 0 Å². The smallest absolute Gasteiger partial charge is 0.223 e. The minimum Gasteiger partial charge on any atom is -0.343 e. The van der Waals surface area contributed by atoms with Gasteiger partial charge in [-0.2, -0.15) is 0 Å². The molecule has 1 saturated heterocycles. The van der Waals surface area contributed by atoms with Crippen LogP contribution >= 0.6 is 0 Å². The number of rotatable bonds is 7. The summed E-state index contributed by atoms with van der Waals surface area (Å²) in [5.41, 5.74) is 2.45. The fourth-order valence-corrected chi connectivity index (χ4v) is 4.07. The van der Waals surface area contributed by atoms with E-state index in [-0.39, 0.29) is 5.92 Å². The molecule has 0 aliphatic carbocycles. The predicted octanol–water partition coefficient (Wildman–Crippen LogP) is 5.64. The molecule has 2 aromatic rings. The second-order valence-corrected chi connectivity index (χ2v) is 7.54. The van der Waals surface area contributed by atoms with E-state index in [0.717, 1.165) is 19.0 Å². The van der Waals surface area contributed by atoms with Gasteiger partial charge in [0, 0.05) is 25.4 Å². The van der Waals surface area contributed by atoms with Crippen LogP contribution < -0.4 is 0 Å². The fourth-order valence-electron chi connectivity index (χ4n) is 4.07. The van der Waals surface area contributed by atoms with Crippen molar-refractivity contribution in [3.05, 3.63) is 71.8 Å². The largest absolute Gasteiger partial charge is 0.343 e. The van der Waals surface area contributed by atoms with Crippen LogP contribution in [0.25, 0.3) is 0 Å². The van der Waals surface area contributed by atoms with Gasteiger partial charge in [0.1, 0.15) is 0 Å². The first-order chi connectivity index (χ1) is 12.8. The number of nitrogens with zero attached hydrogens (tertiary/aromatic N) is 1. The molecule has 1 amide bonds. The average Bonchev–Trinajstić information content (AvgIpc) is 2.72. The molecule has 1 heterocycles. The van der Waals surface area contributed by atoms with Gasteiger partial charge in [-0.05, 0) is 29.9 Å². The van der Waals surface area contributed by atoms with Gasteiger partial charge in [0.25, 0.3) is 0 Å². The highest BCUT2D eigenvalue weighted by Crippen LogP contribution is 2.30. The number of hydrogen-bond donors (Lipinski definition) is 0. The third-order valence-corrected chi connectivity index (χ3v) is 5.72. The minimum atomic E-state index is 0.141. The molecule has 3 rings (SSSR count). The quantitative estimate of drug-likeness (QED) is 0.633. The van der Waals surface area contributed by atoms with E-state index < -0.39 is 0 Å². The van der Waals surface area contributed by atoms with Crippen LogP contribution in [0.2, 0.25) is 0 Å². The van der Waals surface area contributed by atoms with Crippen LogP contribution in [0.4, 0.5) is 0 Å². The third-order valence-electron chi connectivity index (χ3n) is 5.72. The molecule has 138 valence electrons. The lowest BCUT2D eigenvalue weighted by Gasteiger charge is -2.33. The standard InChI is InChI=1S/C24H31NO/c1-2-3-10-20-15-17-25(18-16-20)24(26)19-23(21-11-6-4-7-12-21)22-13-8-5-9-14-22/h4-9,11-14,20,23H,2-3,10,15-19H2,1H3. The SMILES string of the molecule is CCCCC1CCN(C(=O)CC(c2ccccc2)c2ccccc2)CC1. The van der Waals surface area contributed by atoms with Crippen LogP contribution in [0.3, 0.4) is 0 Å². The number of amides is 1. The summed E-state index contributed by atoms with van der Waals surface area (Å²) in [7, 11) is 0. The van der Waals surface area contributed by atoms with E-state index in [1.807, 2.05) is 12.1 Å². The normalized spacial score (nSPS) is 15.4. The zero-order chi connectivity index (χ0) is 18.2. The van der Waals surface area contributed by atoms with Crippen LogP contribution in [-0.2, 0) is 4.79 Å². The van der Waals surface area contributed by atoms with Gasteiger partial charge >= 0.3 is 0 Å². The molecule has 0 saturated carbocycles. The first-order valence-corrected chi connectivity index (χ1v) is 10.2. The Hall–Kier alpha value is -2.09. The molecule has 2 heteroatoms. The van der Waals surface area contributed by atoms with E-state index in [0.29, 0.717) is 12.3 Å². The minimum absolute atomic E-state index is 0.141. The number of piperidine rings is 1. The molecule has 0 N–H and O–H groups in total. The maximum absolute atomic E-state index is 13.0. The van der Waals surface area contributed by atoms with Crippen LogP contribution in [0.1, 0.15) is 62.5 Å². The van der Waals surface area contributed by atoms with Crippen LogP contribution in [0, 0.1) is 5.92 Å². The third kappa shape index (κ3) is 4.97. The molecule has 0 bridgehead atoms. The zero-order valence-electron chi connectivity index (χ0n) is 15.9. The van der Waals surface area contributed by atoms with E-state index in [1.165, 1.54) is 43.2 Å². The van der Waals surface area contributed by atoms with Crippen molar-refractivity contribution in [2.45, 2.75) is 51.4 Å². The highest BCUT2D eigenvalue weighted by Gasteiger charge is 2.25. The average molecular weight is 350 g/mol. The van der Waals surface area contributed by atoms with E-state index in [9.17, 15) is 4.79 Å². The molecule has 26 heavy (non-hydrogen) atoms. The molecule has 2 aromatic carbocycles. The maximum atomic E-state index is 13.0. The van der Waals surface area contributed by atoms with Gasteiger partial charge in [-0.3, -0.25) is 4.79 Å². The molecule has 1 aliphatic rings. The molecule has 0 atom stereocenters. The number of carbonyl (C=O) groups excluding carboxylic acids is 1. The Morgan fingerprint density at radius 2 is 1.50 bits per heavy atom. The van der Waals surface area contributed by atoms with E-state index in [2.05, 4.69) is 60.4 Å². The van der Waals surface area contributed by atoms with Gasteiger partial charge in [0.15, 0.2) is 0 Å². The summed E-state index contributed by atoms with van der Waals surface area (Å²) in [6.07, 6.45) is 6.83. The molecule has 0 spiro atoms. The zero-order valence-corrected chi connectivity index (χ0v) is 15.9. The summed E-state index contributed by atoms with van der Waals surface area (Å²) >= 11 is 0. The molecular formula is C24H31NO. The van der Waals surface area contributed by atoms with E-state index in [4.69, 9.17) is 0 Å². The molecule has 0 radical (unpaired) electrons. The van der Waals surface area contributed by atoms with Gasteiger partial charge < -0.3 is 4.90 Å². The van der Waals surface area contributed by atoms with Crippen molar-refractivity contribution in [1.29, 1.82) is 0 Å². The van der Waals surface area contributed by atoms with Crippen molar-refractivity contribution in [2.24, 2.45) is 5.92 Å². The second kappa shape index (κ2) is 9.56. The Bertz CT molecular complexity index is 620. The Balaban J connectivity index is 1.65. The van der Waals surface area contributed by atoms with Crippen molar-refractivity contribution in [3.63, 3.8) is 0 Å². The molecule has 1 fully saturated rings. The van der Waals surface area contributed by atoms with Crippen LogP contribution in [0.5, 0.6) is 0 Å².